The van der Waals surface area contributed by atoms with Gasteiger partial charge in [0.25, 0.3) is 0 Å². The second-order valence-electron chi connectivity index (χ2n) is 9.71. The molecule has 39 heavy (non-hydrogen) atoms. The first kappa shape index (κ1) is 29.7. The minimum atomic E-state index is -0.428. The van der Waals surface area contributed by atoms with Crippen molar-refractivity contribution in [2.45, 2.75) is 71.3 Å². The van der Waals surface area contributed by atoms with E-state index in [4.69, 9.17) is 14.2 Å². The lowest BCUT2D eigenvalue weighted by molar-refractivity contribution is 0.0319. The Labute approximate surface area is 232 Å². The highest BCUT2D eigenvalue weighted by atomic mass is 16.5. The molecule has 0 aliphatic heterocycles. The molecule has 0 N–H and O–H groups in total. The summed E-state index contributed by atoms with van der Waals surface area (Å²) in [5.41, 5.74) is 2.90. The molecule has 0 aliphatic carbocycles. The van der Waals surface area contributed by atoms with Gasteiger partial charge in [-0.25, -0.2) is 9.59 Å². The maximum absolute atomic E-state index is 12.6. The second kappa shape index (κ2) is 16.2. The zero-order valence-electron chi connectivity index (χ0n) is 23.2. The lowest BCUT2D eigenvalue weighted by Crippen LogP contribution is -2.15. The average molecular weight is 529 g/mol. The summed E-state index contributed by atoms with van der Waals surface area (Å²) >= 11 is 0. The van der Waals surface area contributed by atoms with Gasteiger partial charge in [0.2, 0.25) is 0 Å². The Kier molecular flexibility index (Phi) is 12.3. The molecule has 0 radical (unpaired) electrons. The molecule has 3 aromatic rings. The van der Waals surface area contributed by atoms with E-state index in [9.17, 15) is 9.59 Å². The summed E-state index contributed by atoms with van der Waals surface area (Å²) in [5.74, 6) is 0.461. The van der Waals surface area contributed by atoms with Gasteiger partial charge in [0.1, 0.15) is 11.5 Å². The molecular formula is C34H40O5. The van der Waals surface area contributed by atoms with Crippen LogP contribution < -0.4 is 9.47 Å². The third-order valence-corrected chi connectivity index (χ3v) is 6.45. The lowest BCUT2D eigenvalue weighted by atomic mass is 10.0. The van der Waals surface area contributed by atoms with Crippen LogP contribution in [0.25, 0.3) is 11.1 Å². The molecule has 0 spiro atoms. The molecule has 0 saturated carbocycles. The quantitative estimate of drug-likeness (QED) is 0.0804. The van der Waals surface area contributed by atoms with Crippen molar-refractivity contribution in [3.05, 3.63) is 96.6 Å². The highest BCUT2D eigenvalue weighted by Crippen LogP contribution is 2.24. The predicted molar refractivity (Wildman–Crippen MR) is 156 cm³/mol. The van der Waals surface area contributed by atoms with Crippen LogP contribution in [-0.2, 0) is 4.74 Å². The second-order valence-corrected chi connectivity index (χ2v) is 9.71. The molecule has 206 valence electrons. The first-order valence-corrected chi connectivity index (χ1v) is 14.0. The molecule has 1 atom stereocenters. The van der Waals surface area contributed by atoms with Crippen LogP contribution in [0.1, 0.15) is 85.9 Å². The number of hydrogen-bond acceptors (Lipinski definition) is 5. The highest BCUT2D eigenvalue weighted by Gasteiger charge is 2.13. The van der Waals surface area contributed by atoms with Gasteiger partial charge in [-0.15, -0.1) is 6.58 Å². The van der Waals surface area contributed by atoms with E-state index in [1.165, 1.54) is 19.3 Å². The van der Waals surface area contributed by atoms with Crippen LogP contribution in [0.3, 0.4) is 0 Å². The summed E-state index contributed by atoms with van der Waals surface area (Å²) < 4.78 is 16.8. The molecule has 1 unspecified atom stereocenters. The third-order valence-electron chi connectivity index (χ3n) is 6.45. The van der Waals surface area contributed by atoms with Crippen LogP contribution in [0.5, 0.6) is 11.5 Å². The van der Waals surface area contributed by atoms with E-state index in [1.807, 2.05) is 37.3 Å². The van der Waals surface area contributed by atoms with E-state index in [1.54, 1.807) is 48.5 Å². The topological polar surface area (TPSA) is 61.8 Å². The van der Waals surface area contributed by atoms with Gasteiger partial charge in [-0.2, -0.15) is 0 Å². The maximum atomic E-state index is 12.6. The minimum absolute atomic E-state index is 0.0898. The molecule has 3 rings (SSSR count). The Bertz CT molecular complexity index is 1160. The van der Waals surface area contributed by atoms with Crippen molar-refractivity contribution in [3.63, 3.8) is 0 Å². The zero-order chi connectivity index (χ0) is 27.9. The number of hydrogen-bond donors (Lipinski definition) is 0. The minimum Gasteiger partial charge on any atom is -0.494 e. The van der Waals surface area contributed by atoms with E-state index < -0.39 is 5.97 Å². The van der Waals surface area contributed by atoms with E-state index in [0.29, 0.717) is 23.5 Å². The van der Waals surface area contributed by atoms with E-state index >= 15 is 0 Å². The molecule has 0 heterocycles. The van der Waals surface area contributed by atoms with Gasteiger partial charge in [-0.1, -0.05) is 56.5 Å². The summed E-state index contributed by atoms with van der Waals surface area (Å²) in [6.45, 7) is 8.48. The molecule has 0 fully saturated rings. The van der Waals surface area contributed by atoms with Crippen molar-refractivity contribution in [3.8, 4) is 22.6 Å². The molecular weight excluding hydrogens is 488 g/mol. The van der Waals surface area contributed by atoms with Gasteiger partial charge in [0, 0.05) is 0 Å². The van der Waals surface area contributed by atoms with Crippen LogP contribution in [0.4, 0.5) is 0 Å². The smallest absolute Gasteiger partial charge is 0.343 e. The molecule has 5 nitrogen and oxygen atoms in total. The Morgan fingerprint density at radius 2 is 1.33 bits per heavy atom. The summed E-state index contributed by atoms with van der Waals surface area (Å²) in [6, 6.07) is 21.6. The Morgan fingerprint density at radius 1 is 0.744 bits per heavy atom. The van der Waals surface area contributed by atoms with Gasteiger partial charge < -0.3 is 14.2 Å². The SMILES string of the molecule is C=CCCCCOc1ccc(C(=O)Oc2ccc(-c3ccc(C(=O)OC(C)CCCCCC)cc3)cc2)cc1. The molecule has 5 heteroatoms. The van der Waals surface area contributed by atoms with Crippen LogP contribution in [0.2, 0.25) is 0 Å². The van der Waals surface area contributed by atoms with Crippen molar-refractivity contribution >= 4 is 11.9 Å². The Morgan fingerprint density at radius 3 is 1.97 bits per heavy atom. The first-order chi connectivity index (χ1) is 19.0. The summed E-state index contributed by atoms with van der Waals surface area (Å²) in [5, 5.41) is 0. The number of ether oxygens (including phenoxy) is 3. The van der Waals surface area contributed by atoms with Gasteiger partial charge >= 0.3 is 11.9 Å². The van der Waals surface area contributed by atoms with Crippen molar-refractivity contribution in [2.24, 2.45) is 0 Å². The van der Waals surface area contributed by atoms with Gasteiger partial charge in [0.15, 0.2) is 0 Å². The molecule has 0 amide bonds. The average Bonchev–Trinajstić information content (AvgIpc) is 2.96. The number of rotatable bonds is 16. The van der Waals surface area contributed by atoms with Gasteiger partial charge in [-0.05, 0) is 98.7 Å². The number of carbonyl (C=O) groups excluding carboxylic acids is 2. The van der Waals surface area contributed by atoms with E-state index in [-0.39, 0.29) is 12.1 Å². The maximum Gasteiger partial charge on any atom is 0.343 e. The monoisotopic (exact) mass is 528 g/mol. The first-order valence-electron chi connectivity index (χ1n) is 14.0. The Hall–Kier alpha value is -3.86. The molecule has 3 aromatic carbocycles. The van der Waals surface area contributed by atoms with E-state index in [0.717, 1.165) is 49.0 Å². The van der Waals surface area contributed by atoms with Crippen LogP contribution in [0.15, 0.2) is 85.5 Å². The fraction of sp³-hybridized carbons (Fsp3) is 0.353. The summed E-state index contributed by atoms with van der Waals surface area (Å²) in [7, 11) is 0. The van der Waals surface area contributed by atoms with Crippen LogP contribution in [0, 0.1) is 0 Å². The molecule has 0 aromatic heterocycles. The van der Waals surface area contributed by atoms with E-state index in [2.05, 4.69) is 13.5 Å². The zero-order valence-corrected chi connectivity index (χ0v) is 23.2. The standard InChI is InChI=1S/C34H40O5/c1-4-6-8-10-12-26(3)38-33(35)29-15-13-27(14-16-29)28-17-23-32(24-18-28)39-34(36)30-19-21-31(22-20-30)37-25-11-9-7-5-2/h5,13-24,26H,2,4,6-12,25H2,1,3H3. The largest absolute Gasteiger partial charge is 0.494 e. The third kappa shape index (κ3) is 10.1. The van der Waals surface area contributed by atoms with Gasteiger partial charge in [0.05, 0.1) is 23.8 Å². The highest BCUT2D eigenvalue weighted by molar-refractivity contribution is 5.91. The van der Waals surface area contributed by atoms with Crippen molar-refractivity contribution in [1.82, 2.24) is 0 Å². The Balaban J connectivity index is 1.48. The number of esters is 2. The summed E-state index contributed by atoms with van der Waals surface area (Å²) in [4.78, 5) is 25.0. The number of allylic oxidation sites excluding steroid dienone is 1. The van der Waals surface area contributed by atoms with Gasteiger partial charge in [-0.3, -0.25) is 0 Å². The predicted octanol–water partition coefficient (Wildman–Crippen LogP) is 8.82. The number of unbranched alkanes of at least 4 members (excludes halogenated alkanes) is 5. The molecule has 0 aliphatic rings. The number of benzene rings is 3. The summed E-state index contributed by atoms with van der Waals surface area (Å²) in [6.07, 6.45) is 10.3. The molecule has 0 bridgehead atoms. The van der Waals surface area contributed by atoms with Crippen molar-refractivity contribution < 1.29 is 23.8 Å². The van der Waals surface area contributed by atoms with Crippen LogP contribution in [-0.4, -0.2) is 24.6 Å². The van der Waals surface area contributed by atoms with Crippen molar-refractivity contribution in [1.29, 1.82) is 0 Å². The van der Waals surface area contributed by atoms with Crippen molar-refractivity contribution in [2.75, 3.05) is 6.61 Å². The fourth-order valence-electron chi connectivity index (χ4n) is 4.12. The van der Waals surface area contributed by atoms with Crippen LogP contribution >= 0.6 is 0 Å². The molecule has 0 saturated heterocycles. The lowest BCUT2D eigenvalue weighted by Gasteiger charge is -2.13. The number of carbonyl (C=O) groups is 2. The normalized spacial score (nSPS) is 11.4. The fourth-order valence-corrected chi connectivity index (χ4v) is 4.12.